The van der Waals surface area contributed by atoms with Crippen LogP contribution in [0.4, 0.5) is 0 Å². The summed E-state index contributed by atoms with van der Waals surface area (Å²) in [4.78, 5) is 0. The van der Waals surface area contributed by atoms with Crippen molar-refractivity contribution in [3.05, 3.63) is 97.6 Å². The minimum Gasteiger partial charge on any atom is -0.508 e. The van der Waals surface area contributed by atoms with Crippen molar-refractivity contribution in [2.24, 2.45) is 17.8 Å². The molecule has 2 aliphatic rings. The van der Waals surface area contributed by atoms with Crippen LogP contribution in [-0.2, 0) is 33.2 Å². The monoisotopic (exact) mass is 942 g/mol. The number of methoxy groups -OCH3 is 1. The van der Waals surface area contributed by atoms with Crippen molar-refractivity contribution >= 4 is 0 Å². The van der Waals surface area contributed by atoms with Crippen LogP contribution in [0.2, 0.25) is 0 Å². The molecule has 3 aromatic rings. The van der Waals surface area contributed by atoms with Crippen LogP contribution in [0, 0.1) is 24.4 Å². The number of epoxide rings is 2. The molecule has 6 unspecified atom stereocenters. The molecular formula is C56H93O11+. The Hall–Kier alpha value is -3.39. The number of aromatic hydroxyl groups is 1. The van der Waals surface area contributed by atoms with Crippen molar-refractivity contribution in [3.8, 4) is 17.2 Å². The van der Waals surface area contributed by atoms with Gasteiger partial charge in [-0.25, -0.2) is 0 Å². The maximum absolute atomic E-state index is 9.82. The van der Waals surface area contributed by atoms with E-state index in [0.717, 1.165) is 69.9 Å². The van der Waals surface area contributed by atoms with E-state index in [1.807, 2.05) is 73.3 Å². The highest BCUT2D eigenvalue weighted by Crippen LogP contribution is 2.19. The van der Waals surface area contributed by atoms with Gasteiger partial charge in [0.2, 0.25) is 0 Å². The molecule has 2 aliphatic heterocycles. The fourth-order valence-corrected chi connectivity index (χ4v) is 6.25. The van der Waals surface area contributed by atoms with Gasteiger partial charge >= 0.3 is 0 Å². The number of hydrogen-bond donors (Lipinski definition) is 2. The summed E-state index contributed by atoms with van der Waals surface area (Å²) >= 11 is 0. The maximum Gasteiger partial charge on any atom is 0.298 e. The SMILES string of the molecule is C1CO1.CCCCC(CC)COCC(COc1ccccc1)OCCOC.CCCCC(CC)COCC(O)COc1ccccc1.CCCCC(CC)COCC1[CH+]O1.Oc1ccccc1. The fourth-order valence-electron chi connectivity index (χ4n) is 6.25. The Bertz CT molecular complexity index is 1410. The van der Waals surface area contributed by atoms with E-state index in [4.69, 9.17) is 43.0 Å². The Balaban J connectivity index is 0.000000465. The first-order chi connectivity index (χ1) is 32.8. The Labute approximate surface area is 407 Å². The van der Waals surface area contributed by atoms with Crippen molar-refractivity contribution in [3.63, 3.8) is 0 Å². The molecule has 382 valence electrons. The van der Waals surface area contributed by atoms with Gasteiger partial charge in [-0.1, -0.05) is 154 Å². The topological polar surface area (TPSA) is 130 Å². The highest BCUT2D eigenvalue weighted by Gasteiger charge is 2.39. The molecule has 0 aromatic heterocycles. The van der Waals surface area contributed by atoms with E-state index in [9.17, 15) is 5.11 Å². The first kappa shape index (κ1) is 61.6. The van der Waals surface area contributed by atoms with E-state index in [2.05, 4.69) is 46.3 Å². The van der Waals surface area contributed by atoms with Crippen LogP contribution in [0.15, 0.2) is 91.0 Å². The second kappa shape index (κ2) is 45.1. The van der Waals surface area contributed by atoms with Crippen molar-refractivity contribution in [1.82, 2.24) is 0 Å². The average Bonchev–Trinajstić information content (AvgIpc) is 4.31. The lowest BCUT2D eigenvalue weighted by molar-refractivity contribution is -0.0561. The Morgan fingerprint density at radius 1 is 0.567 bits per heavy atom. The molecule has 0 saturated carbocycles. The number of rotatable bonds is 34. The smallest absolute Gasteiger partial charge is 0.298 e. The summed E-state index contributed by atoms with van der Waals surface area (Å²) in [6.45, 7) is 23.1. The highest BCUT2D eigenvalue weighted by atomic mass is 16.6. The molecule has 0 amide bonds. The second-order valence-corrected chi connectivity index (χ2v) is 17.0. The minimum absolute atomic E-state index is 0.0796. The number of para-hydroxylation sites is 3. The first-order valence-corrected chi connectivity index (χ1v) is 25.5. The van der Waals surface area contributed by atoms with Gasteiger partial charge in [-0.3, -0.25) is 0 Å². The Morgan fingerprint density at radius 3 is 1.39 bits per heavy atom. The van der Waals surface area contributed by atoms with Gasteiger partial charge in [-0.05, 0) is 73.4 Å². The zero-order valence-corrected chi connectivity index (χ0v) is 42.7. The van der Waals surface area contributed by atoms with E-state index in [-0.39, 0.29) is 12.7 Å². The average molecular weight is 942 g/mol. The van der Waals surface area contributed by atoms with Crippen molar-refractivity contribution in [2.75, 3.05) is 86.4 Å². The summed E-state index contributed by atoms with van der Waals surface area (Å²) in [7, 11) is 1.68. The molecule has 2 saturated heterocycles. The lowest BCUT2D eigenvalue weighted by Gasteiger charge is -2.21. The van der Waals surface area contributed by atoms with Crippen LogP contribution in [0.3, 0.4) is 0 Å². The summed E-state index contributed by atoms with van der Waals surface area (Å²) in [5.74, 6) is 3.95. The van der Waals surface area contributed by atoms with Gasteiger partial charge in [-0.2, -0.15) is 0 Å². The molecule has 5 rings (SSSR count). The molecule has 11 nitrogen and oxygen atoms in total. The molecule has 67 heavy (non-hydrogen) atoms. The van der Waals surface area contributed by atoms with Crippen LogP contribution in [0.1, 0.15) is 119 Å². The Kier molecular flexibility index (Phi) is 41.5. The number of ether oxygens (including phenoxy) is 9. The number of hydrogen-bond acceptors (Lipinski definition) is 11. The quantitative estimate of drug-likeness (QED) is 0.0337. The summed E-state index contributed by atoms with van der Waals surface area (Å²) in [6.07, 6.45) is 14.5. The number of aliphatic hydroxyl groups excluding tert-OH is 1. The van der Waals surface area contributed by atoms with Crippen LogP contribution in [0.25, 0.3) is 0 Å². The molecule has 2 N–H and O–H groups in total. The summed E-state index contributed by atoms with van der Waals surface area (Å²) in [5, 5.41) is 18.5. The van der Waals surface area contributed by atoms with Gasteiger partial charge in [-0.15, -0.1) is 4.74 Å². The van der Waals surface area contributed by atoms with Crippen LogP contribution in [0.5, 0.6) is 17.2 Å². The number of aliphatic hydroxyl groups is 1. The number of benzene rings is 3. The third kappa shape index (κ3) is 40.2. The van der Waals surface area contributed by atoms with E-state index in [1.54, 1.807) is 31.4 Å². The van der Waals surface area contributed by atoms with E-state index >= 15 is 0 Å². The van der Waals surface area contributed by atoms with Crippen LogP contribution in [-0.4, -0.2) is 115 Å². The van der Waals surface area contributed by atoms with E-state index in [1.165, 1.54) is 64.2 Å². The predicted molar refractivity (Wildman–Crippen MR) is 272 cm³/mol. The molecule has 11 heteroatoms. The lowest BCUT2D eigenvalue weighted by atomic mass is 10.0. The van der Waals surface area contributed by atoms with Crippen LogP contribution >= 0.6 is 0 Å². The number of phenolic OH excluding ortho intramolecular Hbond substituents is 1. The summed E-state index contributed by atoms with van der Waals surface area (Å²) < 4.78 is 48.7. The van der Waals surface area contributed by atoms with Crippen molar-refractivity contribution in [2.45, 2.75) is 137 Å². The molecule has 0 spiro atoms. The molecule has 0 aliphatic carbocycles. The summed E-state index contributed by atoms with van der Waals surface area (Å²) in [6, 6.07) is 28.0. The third-order valence-corrected chi connectivity index (χ3v) is 10.9. The van der Waals surface area contributed by atoms with Gasteiger partial charge in [0.25, 0.3) is 12.7 Å². The first-order valence-electron chi connectivity index (χ1n) is 25.5. The van der Waals surface area contributed by atoms with E-state index in [0.29, 0.717) is 56.7 Å². The molecule has 2 fully saturated rings. The lowest BCUT2D eigenvalue weighted by Crippen LogP contribution is -2.29. The fraction of sp³-hybridized carbons (Fsp3) is 0.661. The maximum atomic E-state index is 9.82. The van der Waals surface area contributed by atoms with Gasteiger partial charge in [0.1, 0.15) is 49.3 Å². The molecule has 0 bridgehead atoms. The molecule has 6 atom stereocenters. The van der Waals surface area contributed by atoms with Crippen LogP contribution < -0.4 is 9.47 Å². The second-order valence-electron chi connectivity index (χ2n) is 17.0. The minimum atomic E-state index is -0.570. The summed E-state index contributed by atoms with van der Waals surface area (Å²) in [5.41, 5.74) is 0. The van der Waals surface area contributed by atoms with Gasteiger partial charge in [0.15, 0.2) is 0 Å². The molecular weight excluding hydrogens is 849 g/mol. The largest absolute Gasteiger partial charge is 0.508 e. The van der Waals surface area contributed by atoms with Gasteiger partial charge in [0.05, 0.1) is 39.6 Å². The molecule has 0 radical (unpaired) electrons. The van der Waals surface area contributed by atoms with Gasteiger partial charge in [0, 0.05) is 26.9 Å². The van der Waals surface area contributed by atoms with Crippen molar-refractivity contribution in [1.29, 1.82) is 0 Å². The van der Waals surface area contributed by atoms with Crippen molar-refractivity contribution < 1.29 is 52.8 Å². The Morgan fingerprint density at radius 2 is 1.00 bits per heavy atom. The number of phenols is 1. The van der Waals surface area contributed by atoms with Gasteiger partial charge < -0.3 is 48.1 Å². The zero-order valence-electron chi connectivity index (χ0n) is 42.7. The predicted octanol–water partition coefficient (Wildman–Crippen LogP) is 12.2. The standard InChI is InChI=1S/C20H34O4.C17H28O3.C11H21O2.C6H6O.C2H4O/c1-4-6-10-18(5-2)15-22-16-20(23-14-13-21-3)17-24-19-11-8-7-9-12-19;1-3-5-9-15(4-2)12-19-13-16(18)14-20-17-10-7-6-8-11-17;1-3-5-6-10(4-2)7-12-8-11-9-13-11;7-6-4-2-1-3-5-6;1-2-3-1/h7-9,11-12,18,20H,4-6,10,13-17H2,1-3H3;6-8,10-11,15-16,18H,3-5,9,12-14H2,1-2H3;9-11H,3-8H2,1-2H3;1-5,7H;1-2H2/q;;+1;;. The molecule has 2 heterocycles. The molecule has 3 aromatic carbocycles. The van der Waals surface area contributed by atoms with E-state index < -0.39 is 6.10 Å². The zero-order chi connectivity index (χ0) is 48.8. The highest BCUT2D eigenvalue weighted by molar-refractivity contribution is 5.21. The third-order valence-electron chi connectivity index (χ3n) is 10.9. The number of unbranched alkanes of at least 4 members (excludes halogenated alkanes) is 3. The normalized spacial score (nSPS) is 15.4.